The first-order valence-corrected chi connectivity index (χ1v) is 9.04. The maximum absolute atomic E-state index is 12.1. The lowest BCUT2D eigenvalue weighted by molar-refractivity contribution is -0.123. The van der Waals surface area contributed by atoms with Crippen LogP contribution >= 0.6 is 0 Å². The average Bonchev–Trinajstić information content (AvgIpc) is 2.61. The van der Waals surface area contributed by atoms with Gasteiger partial charge < -0.3 is 14.8 Å². The van der Waals surface area contributed by atoms with Crippen molar-refractivity contribution in [3.8, 4) is 5.75 Å². The molecule has 2 aromatic carbocycles. The van der Waals surface area contributed by atoms with Gasteiger partial charge in [0.25, 0.3) is 5.91 Å². The zero-order chi connectivity index (χ0) is 19.3. The van der Waals surface area contributed by atoms with Crippen LogP contribution < -0.4 is 15.2 Å². The Hall–Kier alpha value is -2.91. The maximum Gasteiger partial charge on any atom is 0.338 e. The van der Waals surface area contributed by atoms with Crippen LogP contribution in [0.2, 0.25) is 0 Å². The molecule has 2 aromatic rings. The van der Waals surface area contributed by atoms with Crippen molar-refractivity contribution in [2.45, 2.75) is 17.9 Å². The molecule has 3 N–H and O–H groups in total. The molecular formula is C17H18N2O6S. The number of anilines is 1. The summed E-state index contributed by atoms with van der Waals surface area (Å²) in [5.41, 5.74) is 0.623. The second-order valence-electron chi connectivity index (χ2n) is 5.33. The van der Waals surface area contributed by atoms with Crippen LogP contribution in [0.1, 0.15) is 17.3 Å². The third-order valence-electron chi connectivity index (χ3n) is 3.43. The number of rotatable bonds is 6. The number of nitrogens with two attached hydrogens (primary N) is 1. The predicted octanol–water partition coefficient (Wildman–Crippen LogP) is 1.53. The summed E-state index contributed by atoms with van der Waals surface area (Å²) in [6, 6.07) is 11.6. The first kappa shape index (κ1) is 19.4. The molecule has 1 amide bonds. The van der Waals surface area contributed by atoms with E-state index in [1.54, 1.807) is 12.1 Å². The molecule has 1 atom stereocenters. The topological polar surface area (TPSA) is 125 Å². The Kier molecular flexibility index (Phi) is 5.96. The number of amides is 1. The lowest BCUT2D eigenvalue weighted by atomic mass is 10.2. The molecule has 0 aliphatic carbocycles. The monoisotopic (exact) mass is 378 g/mol. The molecule has 2 rings (SSSR count). The molecule has 0 saturated carbocycles. The van der Waals surface area contributed by atoms with Gasteiger partial charge in [0, 0.05) is 5.69 Å². The van der Waals surface area contributed by atoms with Crippen molar-refractivity contribution in [2.75, 3.05) is 12.4 Å². The highest BCUT2D eigenvalue weighted by Gasteiger charge is 2.19. The summed E-state index contributed by atoms with van der Waals surface area (Å²) in [5, 5.41) is 7.53. The van der Waals surface area contributed by atoms with Crippen molar-refractivity contribution >= 4 is 27.6 Å². The first-order chi connectivity index (χ1) is 12.2. The van der Waals surface area contributed by atoms with E-state index in [9.17, 15) is 18.0 Å². The van der Waals surface area contributed by atoms with E-state index in [1.807, 2.05) is 0 Å². The van der Waals surface area contributed by atoms with E-state index in [0.29, 0.717) is 11.4 Å². The van der Waals surface area contributed by atoms with Gasteiger partial charge in [0.15, 0.2) is 6.10 Å². The summed E-state index contributed by atoms with van der Waals surface area (Å²) in [6.07, 6.45) is -1.05. The molecule has 0 saturated heterocycles. The molecule has 0 aromatic heterocycles. The van der Waals surface area contributed by atoms with Gasteiger partial charge in [-0.15, -0.1) is 0 Å². The largest absolute Gasteiger partial charge is 0.497 e. The fourth-order valence-corrected chi connectivity index (χ4v) is 2.50. The molecule has 0 aliphatic heterocycles. The second-order valence-corrected chi connectivity index (χ2v) is 6.90. The van der Waals surface area contributed by atoms with Crippen LogP contribution in [-0.4, -0.2) is 33.5 Å². The van der Waals surface area contributed by atoms with Gasteiger partial charge in [-0.05, 0) is 55.5 Å². The number of primary sulfonamides is 1. The third-order valence-corrected chi connectivity index (χ3v) is 4.36. The standard InChI is InChI=1S/C17H18N2O6S/c1-11(25-17(21)12-3-7-14(24-2)8-4-12)16(20)19-13-5-9-15(10-6-13)26(18,22)23/h3-11H,1-2H3,(H,19,20)(H2,18,22,23)/t11-/m0/s1. The van der Waals surface area contributed by atoms with E-state index in [2.05, 4.69) is 5.32 Å². The number of carbonyl (C=O) groups excluding carboxylic acids is 2. The van der Waals surface area contributed by atoms with Crippen molar-refractivity contribution in [2.24, 2.45) is 5.14 Å². The van der Waals surface area contributed by atoms with Gasteiger partial charge in [-0.25, -0.2) is 18.4 Å². The summed E-state index contributed by atoms with van der Waals surface area (Å²) >= 11 is 0. The van der Waals surface area contributed by atoms with Crippen LogP contribution in [0.25, 0.3) is 0 Å². The molecule has 8 nitrogen and oxygen atoms in total. The molecule has 0 aliphatic rings. The third kappa shape index (κ3) is 5.04. The minimum Gasteiger partial charge on any atom is -0.497 e. The number of hydrogen-bond donors (Lipinski definition) is 2. The Balaban J connectivity index is 1.97. The smallest absolute Gasteiger partial charge is 0.338 e. The highest BCUT2D eigenvalue weighted by molar-refractivity contribution is 7.89. The second kappa shape index (κ2) is 7.98. The highest BCUT2D eigenvalue weighted by Crippen LogP contribution is 2.15. The van der Waals surface area contributed by atoms with E-state index in [-0.39, 0.29) is 10.5 Å². The van der Waals surface area contributed by atoms with E-state index >= 15 is 0 Å². The Morgan fingerprint density at radius 2 is 1.62 bits per heavy atom. The number of benzene rings is 2. The number of methoxy groups -OCH3 is 1. The SMILES string of the molecule is COc1ccc(C(=O)O[C@@H](C)C(=O)Nc2ccc(S(N)(=O)=O)cc2)cc1. The van der Waals surface area contributed by atoms with Crippen LogP contribution in [0.4, 0.5) is 5.69 Å². The summed E-state index contributed by atoms with van der Waals surface area (Å²) in [6.45, 7) is 1.43. The van der Waals surface area contributed by atoms with Crippen molar-refractivity contribution in [3.05, 3.63) is 54.1 Å². The molecule has 138 valence electrons. The maximum atomic E-state index is 12.1. The zero-order valence-corrected chi connectivity index (χ0v) is 14.9. The molecule has 0 unspecified atom stereocenters. The molecule has 0 bridgehead atoms. The van der Waals surface area contributed by atoms with Crippen molar-refractivity contribution < 1.29 is 27.5 Å². The molecule has 0 heterocycles. The van der Waals surface area contributed by atoms with Crippen molar-refractivity contribution in [1.82, 2.24) is 0 Å². The summed E-state index contributed by atoms with van der Waals surface area (Å²) < 4.78 is 32.5. The lowest BCUT2D eigenvalue weighted by Crippen LogP contribution is -2.30. The number of sulfonamides is 1. The summed E-state index contributed by atoms with van der Waals surface area (Å²) in [7, 11) is -2.30. The number of carbonyl (C=O) groups is 2. The van der Waals surface area contributed by atoms with Gasteiger partial charge in [-0.2, -0.15) is 0 Å². The summed E-state index contributed by atoms with van der Waals surface area (Å²) in [4.78, 5) is 24.1. The average molecular weight is 378 g/mol. The molecule has 0 spiro atoms. The molecule has 26 heavy (non-hydrogen) atoms. The van der Waals surface area contributed by atoms with E-state index < -0.39 is 28.0 Å². The minimum atomic E-state index is -3.81. The van der Waals surface area contributed by atoms with Gasteiger partial charge in [0.1, 0.15) is 5.75 Å². The Morgan fingerprint density at radius 3 is 2.12 bits per heavy atom. The zero-order valence-electron chi connectivity index (χ0n) is 14.1. The van der Waals surface area contributed by atoms with Gasteiger partial charge in [-0.3, -0.25) is 4.79 Å². The Bertz CT molecular complexity index is 892. The lowest BCUT2D eigenvalue weighted by Gasteiger charge is -2.14. The summed E-state index contributed by atoms with van der Waals surface area (Å²) in [5.74, 6) is -0.620. The van der Waals surface area contributed by atoms with Gasteiger partial charge >= 0.3 is 5.97 Å². The number of esters is 1. The predicted molar refractivity (Wildman–Crippen MR) is 94.3 cm³/mol. The van der Waals surface area contributed by atoms with Crippen LogP contribution in [-0.2, 0) is 19.6 Å². The fraction of sp³-hybridized carbons (Fsp3) is 0.176. The molecule has 9 heteroatoms. The van der Waals surface area contributed by atoms with Gasteiger partial charge in [0.2, 0.25) is 10.0 Å². The number of hydrogen-bond acceptors (Lipinski definition) is 6. The van der Waals surface area contributed by atoms with E-state index in [4.69, 9.17) is 14.6 Å². The van der Waals surface area contributed by atoms with Crippen molar-refractivity contribution in [1.29, 1.82) is 0 Å². The van der Waals surface area contributed by atoms with Crippen LogP contribution in [0, 0.1) is 0 Å². The fourth-order valence-electron chi connectivity index (χ4n) is 1.98. The van der Waals surface area contributed by atoms with Gasteiger partial charge in [-0.1, -0.05) is 0 Å². The number of nitrogens with one attached hydrogen (secondary N) is 1. The van der Waals surface area contributed by atoms with Gasteiger partial charge in [0.05, 0.1) is 17.6 Å². The highest BCUT2D eigenvalue weighted by atomic mass is 32.2. The minimum absolute atomic E-state index is 0.0746. The normalized spacial score (nSPS) is 12.1. The first-order valence-electron chi connectivity index (χ1n) is 7.49. The van der Waals surface area contributed by atoms with Crippen LogP contribution in [0.5, 0.6) is 5.75 Å². The van der Waals surface area contributed by atoms with E-state index in [1.165, 1.54) is 50.4 Å². The quantitative estimate of drug-likeness (QED) is 0.735. The molecule has 0 fully saturated rings. The Morgan fingerprint density at radius 1 is 1.04 bits per heavy atom. The van der Waals surface area contributed by atoms with E-state index in [0.717, 1.165) is 0 Å². The van der Waals surface area contributed by atoms with Crippen LogP contribution in [0.3, 0.4) is 0 Å². The molecular weight excluding hydrogens is 360 g/mol. The number of ether oxygens (including phenoxy) is 2. The Labute approximate surface area is 151 Å². The van der Waals surface area contributed by atoms with Crippen LogP contribution in [0.15, 0.2) is 53.4 Å². The van der Waals surface area contributed by atoms with Crippen molar-refractivity contribution in [3.63, 3.8) is 0 Å². The molecule has 0 radical (unpaired) electrons.